The number of hydrogen-bond acceptors (Lipinski definition) is 4. The van der Waals surface area contributed by atoms with Gasteiger partial charge < -0.3 is 4.90 Å². The van der Waals surface area contributed by atoms with Gasteiger partial charge in [0.25, 0.3) is 0 Å². The molecule has 2 aliphatic rings. The fraction of sp³-hybridized carbons (Fsp3) is 0.500. The van der Waals surface area contributed by atoms with E-state index in [1.54, 1.807) is 11.9 Å². The largest absolute Gasteiger partial charge is 0.340 e. The van der Waals surface area contributed by atoms with Crippen LogP contribution in [0.3, 0.4) is 0 Å². The van der Waals surface area contributed by atoms with Gasteiger partial charge in [0.15, 0.2) is 5.82 Å². The van der Waals surface area contributed by atoms with Crippen molar-refractivity contribution in [3.63, 3.8) is 0 Å². The summed E-state index contributed by atoms with van der Waals surface area (Å²) in [6.45, 7) is 1.38. The van der Waals surface area contributed by atoms with Crippen molar-refractivity contribution in [3.05, 3.63) is 52.2 Å². The number of nitrogens with one attached hydrogen (secondary N) is 2. The van der Waals surface area contributed by atoms with Crippen LogP contribution in [-0.2, 0) is 11.3 Å². The molecule has 25 heavy (non-hydrogen) atoms. The molecule has 0 radical (unpaired) electrons. The van der Waals surface area contributed by atoms with Crippen molar-refractivity contribution in [3.8, 4) is 0 Å². The fourth-order valence-electron chi connectivity index (χ4n) is 4.40. The van der Waals surface area contributed by atoms with Gasteiger partial charge in [-0.2, -0.15) is 5.10 Å². The SMILES string of the molecule is CN(Cc1n[nH]c(=O)[nH]1)C(=O)[C@H]1C[C@@H](c2ccccc2)N2CCC[C@H]12. The van der Waals surface area contributed by atoms with Crippen molar-refractivity contribution in [2.45, 2.75) is 37.9 Å². The molecule has 1 amide bonds. The standard InChI is InChI=1S/C18H23N5O2/c1-22(11-16-19-18(25)21-20-16)17(24)13-10-15(12-6-3-2-4-7-12)23-9-5-8-14(13)23/h2-4,6-7,13-15H,5,8-11H2,1H3,(H2,19,20,21,25)/t13-,14+,15-/m0/s1. The van der Waals surface area contributed by atoms with Crippen LogP contribution in [0.15, 0.2) is 35.1 Å². The molecule has 0 saturated carbocycles. The fourth-order valence-corrected chi connectivity index (χ4v) is 4.40. The molecule has 2 aliphatic heterocycles. The third-order valence-corrected chi connectivity index (χ3v) is 5.50. The Balaban J connectivity index is 1.51. The molecule has 1 aromatic heterocycles. The number of carbonyl (C=O) groups excluding carboxylic acids is 1. The highest BCUT2D eigenvalue weighted by atomic mass is 16.2. The molecule has 2 aromatic rings. The van der Waals surface area contributed by atoms with Crippen LogP contribution in [0.1, 0.15) is 36.7 Å². The number of nitrogens with zero attached hydrogens (tertiary/aromatic N) is 3. The molecular weight excluding hydrogens is 318 g/mol. The summed E-state index contributed by atoms with van der Waals surface area (Å²) in [4.78, 5) is 31.0. The van der Waals surface area contributed by atoms with E-state index < -0.39 is 0 Å². The van der Waals surface area contributed by atoms with Crippen LogP contribution in [-0.4, -0.2) is 50.5 Å². The minimum absolute atomic E-state index is 0.00312. The first-order chi connectivity index (χ1) is 12.1. The summed E-state index contributed by atoms with van der Waals surface area (Å²) in [5.41, 5.74) is 0.951. The molecule has 1 aromatic carbocycles. The Bertz CT molecular complexity index is 799. The zero-order valence-corrected chi connectivity index (χ0v) is 14.3. The third kappa shape index (κ3) is 3.00. The smallest absolute Gasteiger partial charge is 0.338 e. The van der Waals surface area contributed by atoms with Crippen molar-refractivity contribution < 1.29 is 4.79 Å². The summed E-state index contributed by atoms with van der Waals surface area (Å²) in [6.07, 6.45) is 3.08. The second-order valence-corrected chi connectivity index (χ2v) is 7.03. The summed E-state index contributed by atoms with van der Waals surface area (Å²) in [6, 6.07) is 11.1. The second kappa shape index (κ2) is 6.48. The quantitative estimate of drug-likeness (QED) is 0.877. The van der Waals surface area contributed by atoms with E-state index in [1.165, 1.54) is 5.56 Å². The predicted octanol–water partition coefficient (Wildman–Crippen LogP) is 1.28. The van der Waals surface area contributed by atoms with E-state index in [4.69, 9.17) is 0 Å². The maximum atomic E-state index is 13.0. The Hall–Kier alpha value is -2.41. The van der Waals surface area contributed by atoms with E-state index in [9.17, 15) is 9.59 Å². The highest BCUT2D eigenvalue weighted by Gasteiger charge is 2.47. The lowest BCUT2D eigenvalue weighted by atomic mass is 9.93. The molecule has 3 atom stereocenters. The average molecular weight is 341 g/mol. The highest BCUT2D eigenvalue weighted by molar-refractivity contribution is 5.80. The van der Waals surface area contributed by atoms with Crippen LogP contribution in [0.25, 0.3) is 0 Å². The van der Waals surface area contributed by atoms with Gasteiger partial charge in [-0.25, -0.2) is 9.89 Å². The second-order valence-electron chi connectivity index (χ2n) is 7.03. The number of aromatic nitrogens is 3. The molecule has 2 fully saturated rings. The first-order valence-electron chi connectivity index (χ1n) is 8.82. The van der Waals surface area contributed by atoms with E-state index in [-0.39, 0.29) is 17.5 Å². The zero-order valence-electron chi connectivity index (χ0n) is 14.3. The summed E-state index contributed by atoms with van der Waals surface area (Å²) >= 11 is 0. The molecule has 132 valence electrons. The maximum Gasteiger partial charge on any atom is 0.340 e. The number of aromatic amines is 2. The van der Waals surface area contributed by atoms with Gasteiger partial charge in [0, 0.05) is 19.1 Å². The Kier molecular flexibility index (Phi) is 4.17. The summed E-state index contributed by atoms with van der Waals surface area (Å²) in [5.74, 6) is 0.629. The number of amides is 1. The average Bonchev–Trinajstić information content (AvgIpc) is 3.31. The van der Waals surface area contributed by atoms with Crippen molar-refractivity contribution >= 4 is 5.91 Å². The Morgan fingerprint density at radius 2 is 2.16 bits per heavy atom. The summed E-state index contributed by atoms with van der Waals surface area (Å²) < 4.78 is 0. The number of fused-ring (bicyclic) bond motifs is 1. The first-order valence-corrected chi connectivity index (χ1v) is 8.82. The van der Waals surface area contributed by atoms with Crippen LogP contribution >= 0.6 is 0 Å². The van der Waals surface area contributed by atoms with E-state index in [0.717, 1.165) is 25.8 Å². The van der Waals surface area contributed by atoms with Crippen molar-refractivity contribution in [2.24, 2.45) is 5.92 Å². The monoisotopic (exact) mass is 341 g/mol. The van der Waals surface area contributed by atoms with Crippen molar-refractivity contribution in [1.29, 1.82) is 0 Å². The number of H-pyrrole nitrogens is 2. The maximum absolute atomic E-state index is 13.0. The lowest BCUT2D eigenvalue weighted by molar-refractivity contribution is -0.135. The van der Waals surface area contributed by atoms with E-state index >= 15 is 0 Å². The van der Waals surface area contributed by atoms with Gasteiger partial charge in [-0.05, 0) is 31.4 Å². The molecular formula is C18H23N5O2. The molecule has 4 rings (SSSR count). The minimum Gasteiger partial charge on any atom is -0.338 e. The van der Waals surface area contributed by atoms with Gasteiger partial charge in [-0.15, -0.1) is 0 Å². The lowest BCUT2D eigenvalue weighted by Gasteiger charge is -2.25. The van der Waals surface area contributed by atoms with Gasteiger partial charge in [-0.1, -0.05) is 30.3 Å². The molecule has 3 heterocycles. The van der Waals surface area contributed by atoms with Crippen LogP contribution in [0.4, 0.5) is 0 Å². The van der Waals surface area contributed by atoms with Gasteiger partial charge in [0.2, 0.25) is 5.91 Å². The Morgan fingerprint density at radius 1 is 1.36 bits per heavy atom. The molecule has 0 spiro atoms. The molecule has 0 unspecified atom stereocenters. The molecule has 0 aliphatic carbocycles. The van der Waals surface area contributed by atoms with Gasteiger partial charge >= 0.3 is 5.69 Å². The number of rotatable bonds is 4. The predicted molar refractivity (Wildman–Crippen MR) is 92.7 cm³/mol. The van der Waals surface area contributed by atoms with Crippen LogP contribution in [0.2, 0.25) is 0 Å². The summed E-state index contributed by atoms with van der Waals surface area (Å²) in [7, 11) is 1.78. The molecule has 7 nitrogen and oxygen atoms in total. The highest BCUT2D eigenvalue weighted by Crippen LogP contribution is 2.45. The van der Waals surface area contributed by atoms with Crippen LogP contribution < -0.4 is 5.69 Å². The van der Waals surface area contributed by atoms with Gasteiger partial charge in [0.1, 0.15) is 0 Å². The van der Waals surface area contributed by atoms with E-state index in [1.807, 2.05) is 6.07 Å². The van der Waals surface area contributed by atoms with Crippen molar-refractivity contribution in [2.75, 3.05) is 13.6 Å². The normalized spacial score (nSPS) is 25.9. The summed E-state index contributed by atoms with van der Waals surface area (Å²) in [5, 5.41) is 6.24. The van der Waals surface area contributed by atoms with E-state index in [2.05, 4.69) is 44.3 Å². The van der Waals surface area contributed by atoms with Crippen molar-refractivity contribution in [1.82, 2.24) is 25.0 Å². The van der Waals surface area contributed by atoms with Crippen LogP contribution in [0, 0.1) is 5.92 Å². The van der Waals surface area contributed by atoms with Gasteiger partial charge in [0.05, 0.1) is 12.5 Å². The zero-order chi connectivity index (χ0) is 17.4. The Morgan fingerprint density at radius 3 is 2.88 bits per heavy atom. The lowest BCUT2D eigenvalue weighted by Crippen LogP contribution is -2.38. The molecule has 2 saturated heterocycles. The number of benzene rings is 1. The molecule has 2 N–H and O–H groups in total. The first kappa shape index (κ1) is 16.1. The van der Waals surface area contributed by atoms with E-state index in [0.29, 0.717) is 24.5 Å². The van der Waals surface area contributed by atoms with Gasteiger partial charge in [-0.3, -0.25) is 14.7 Å². The molecule has 7 heteroatoms. The number of hydrogen-bond donors (Lipinski definition) is 2. The molecule has 0 bridgehead atoms. The van der Waals surface area contributed by atoms with Crippen LogP contribution in [0.5, 0.6) is 0 Å². The topological polar surface area (TPSA) is 85.1 Å². The number of carbonyl (C=O) groups is 1. The third-order valence-electron chi connectivity index (χ3n) is 5.50. The minimum atomic E-state index is -0.345. The Labute approximate surface area is 146 Å².